The van der Waals surface area contributed by atoms with Gasteiger partial charge in [-0.3, -0.25) is 4.79 Å². The van der Waals surface area contributed by atoms with Gasteiger partial charge in [-0.25, -0.2) is 13.6 Å². The molecular weight excluding hydrogens is 292 g/mol. The highest BCUT2D eigenvalue weighted by Crippen LogP contribution is 2.25. The molecule has 0 radical (unpaired) electrons. The molecule has 1 aromatic carbocycles. The summed E-state index contributed by atoms with van der Waals surface area (Å²) in [6.07, 6.45) is 1.75. The molecule has 0 bridgehead atoms. The number of methoxy groups -OCH3 is 1. The predicted molar refractivity (Wildman–Crippen MR) is 78.4 cm³/mol. The second kappa shape index (κ2) is 5.75. The number of nitrogens with two attached hydrogens (primary N) is 1. The van der Waals surface area contributed by atoms with E-state index in [2.05, 4.69) is 0 Å². The molecule has 21 heavy (non-hydrogen) atoms. The van der Waals surface area contributed by atoms with E-state index in [1.165, 1.54) is 18.2 Å². The second-order valence-electron chi connectivity index (χ2n) is 5.56. The van der Waals surface area contributed by atoms with Gasteiger partial charge in [0.15, 0.2) is 0 Å². The third-order valence-corrected chi connectivity index (χ3v) is 4.76. The van der Waals surface area contributed by atoms with Gasteiger partial charge in [-0.1, -0.05) is 6.07 Å². The normalized spacial score (nSPS) is 23.1. The van der Waals surface area contributed by atoms with Crippen LogP contribution in [0.1, 0.15) is 30.1 Å². The van der Waals surface area contributed by atoms with Crippen LogP contribution in [0.5, 0.6) is 0 Å². The number of primary sulfonamides is 1. The lowest BCUT2D eigenvalue weighted by molar-refractivity contribution is -0.0440. The fourth-order valence-corrected chi connectivity index (χ4v) is 3.09. The Labute approximate surface area is 124 Å². The SMILES string of the molecule is COC1(C)CCCN(C(=O)c2cccc(S(N)(=O)=O)c2)C1. The molecular formula is C14H20N2O4S. The minimum atomic E-state index is -3.81. The van der Waals surface area contributed by atoms with Crippen LogP contribution in [-0.2, 0) is 14.8 Å². The monoisotopic (exact) mass is 312 g/mol. The standard InChI is InChI=1S/C14H20N2O4S/c1-14(20-2)7-4-8-16(10-14)13(17)11-5-3-6-12(9-11)21(15,18)19/h3,5-6,9H,4,7-8,10H2,1-2H3,(H2,15,18,19). The third kappa shape index (κ3) is 3.61. The largest absolute Gasteiger partial charge is 0.377 e. The van der Waals surface area contributed by atoms with Crippen LogP contribution >= 0.6 is 0 Å². The van der Waals surface area contributed by atoms with E-state index in [1.54, 1.807) is 18.1 Å². The second-order valence-corrected chi connectivity index (χ2v) is 7.12. The summed E-state index contributed by atoms with van der Waals surface area (Å²) >= 11 is 0. The maximum atomic E-state index is 12.5. The smallest absolute Gasteiger partial charge is 0.253 e. The molecule has 0 saturated carbocycles. The van der Waals surface area contributed by atoms with Crippen molar-refractivity contribution in [1.29, 1.82) is 0 Å². The van der Waals surface area contributed by atoms with Crippen LogP contribution in [0.2, 0.25) is 0 Å². The number of hydrogen-bond acceptors (Lipinski definition) is 4. The van der Waals surface area contributed by atoms with Gasteiger partial charge in [-0.2, -0.15) is 0 Å². The first kappa shape index (κ1) is 15.9. The van der Waals surface area contributed by atoms with E-state index in [1.807, 2.05) is 6.92 Å². The van der Waals surface area contributed by atoms with Crippen LogP contribution < -0.4 is 5.14 Å². The maximum absolute atomic E-state index is 12.5. The first-order chi connectivity index (χ1) is 9.75. The Kier molecular flexibility index (Phi) is 4.36. The zero-order chi connectivity index (χ0) is 15.7. The number of sulfonamides is 1. The maximum Gasteiger partial charge on any atom is 0.253 e. The van der Waals surface area contributed by atoms with Crippen LogP contribution in [0, 0.1) is 0 Å². The average Bonchev–Trinajstić information content (AvgIpc) is 2.46. The van der Waals surface area contributed by atoms with Gasteiger partial charge in [0.2, 0.25) is 10.0 Å². The molecule has 116 valence electrons. The van der Waals surface area contributed by atoms with Crippen LogP contribution in [0.25, 0.3) is 0 Å². The fraction of sp³-hybridized carbons (Fsp3) is 0.500. The van der Waals surface area contributed by atoms with Crippen LogP contribution in [0.15, 0.2) is 29.2 Å². The van der Waals surface area contributed by atoms with Crippen molar-refractivity contribution in [2.45, 2.75) is 30.3 Å². The molecule has 1 fully saturated rings. The molecule has 0 spiro atoms. The predicted octanol–water partition coefficient (Wildman–Crippen LogP) is 0.975. The van der Waals surface area contributed by atoms with Gasteiger partial charge in [0.25, 0.3) is 5.91 Å². The lowest BCUT2D eigenvalue weighted by Crippen LogP contribution is -2.49. The molecule has 2 N–H and O–H groups in total. The van der Waals surface area contributed by atoms with Crippen molar-refractivity contribution in [2.75, 3.05) is 20.2 Å². The molecule has 1 saturated heterocycles. The number of likely N-dealkylation sites (tertiary alicyclic amines) is 1. The first-order valence-corrected chi connectivity index (χ1v) is 8.27. The van der Waals surface area contributed by atoms with Crippen molar-refractivity contribution in [3.63, 3.8) is 0 Å². The van der Waals surface area contributed by atoms with Gasteiger partial charge in [0.05, 0.1) is 10.5 Å². The number of amides is 1. The number of ether oxygens (including phenoxy) is 1. The molecule has 1 unspecified atom stereocenters. The van der Waals surface area contributed by atoms with Crippen LogP contribution in [0.4, 0.5) is 0 Å². The summed E-state index contributed by atoms with van der Waals surface area (Å²) in [6, 6.07) is 5.81. The van der Waals surface area contributed by atoms with E-state index in [4.69, 9.17) is 9.88 Å². The molecule has 2 rings (SSSR count). The number of carbonyl (C=O) groups excluding carboxylic acids is 1. The van der Waals surface area contributed by atoms with Crippen LogP contribution in [-0.4, -0.2) is 45.0 Å². The van der Waals surface area contributed by atoms with Gasteiger partial charge < -0.3 is 9.64 Å². The van der Waals surface area contributed by atoms with Crippen molar-refractivity contribution in [3.05, 3.63) is 29.8 Å². The van der Waals surface area contributed by atoms with Gasteiger partial charge in [-0.05, 0) is 38.0 Å². The van der Waals surface area contributed by atoms with Crippen molar-refractivity contribution in [2.24, 2.45) is 5.14 Å². The summed E-state index contributed by atoms with van der Waals surface area (Å²) in [7, 11) is -2.18. The third-order valence-electron chi connectivity index (χ3n) is 3.85. The summed E-state index contributed by atoms with van der Waals surface area (Å²) < 4.78 is 28.2. The highest BCUT2D eigenvalue weighted by atomic mass is 32.2. The van der Waals surface area contributed by atoms with E-state index in [0.29, 0.717) is 18.7 Å². The highest BCUT2D eigenvalue weighted by Gasteiger charge is 2.33. The Hall–Kier alpha value is -1.44. The Morgan fingerprint density at radius 2 is 2.14 bits per heavy atom. The minimum Gasteiger partial charge on any atom is -0.377 e. The Morgan fingerprint density at radius 3 is 2.76 bits per heavy atom. The van der Waals surface area contributed by atoms with E-state index in [9.17, 15) is 13.2 Å². The Balaban J connectivity index is 2.24. The van der Waals surface area contributed by atoms with Gasteiger partial charge in [0, 0.05) is 25.8 Å². The molecule has 1 aliphatic heterocycles. The Morgan fingerprint density at radius 1 is 1.43 bits per heavy atom. The van der Waals surface area contributed by atoms with Gasteiger partial charge >= 0.3 is 0 Å². The van der Waals surface area contributed by atoms with E-state index >= 15 is 0 Å². The summed E-state index contributed by atoms with van der Waals surface area (Å²) in [5.74, 6) is -0.205. The first-order valence-electron chi connectivity index (χ1n) is 6.72. The fourth-order valence-electron chi connectivity index (χ4n) is 2.53. The van der Waals surface area contributed by atoms with Crippen molar-refractivity contribution < 1.29 is 17.9 Å². The molecule has 7 heteroatoms. The number of benzene rings is 1. The average molecular weight is 312 g/mol. The topological polar surface area (TPSA) is 89.7 Å². The summed E-state index contributed by atoms with van der Waals surface area (Å²) in [6.45, 7) is 3.09. The van der Waals surface area contributed by atoms with Gasteiger partial charge in [0.1, 0.15) is 0 Å². The number of rotatable bonds is 3. The summed E-state index contributed by atoms with van der Waals surface area (Å²) in [4.78, 5) is 14.2. The molecule has 1 heterocycles. The molecule has 1 aromatic rings. The molecule has 0 aromatic heterocycles. The molecule has 0 aliphatic carbocycles. The number of piperidine rings is 1. The molecule has 6 nitrogen and oxygen atoms in total. The zero-order valence-corrected chi connectivity index (χ0v) is 13.0. The van der Waals surface area contributed by atoms with Crippen molar-refractivity contribution in [1.82, 2.24) is 4.90 Å². The minimum absolute atomic E-state index is 0.0557. The van der Waals surface area contributed by atoms with E-state index in [0.717, 1.165) is 12.8 Å². The van der Waals surface area contributed by atoms with Gasteiger partial charge in [-0.15, -0.1) is 0 Å². The zero-order valence-electron chi connectivity index (χ0n) is 12.2. The number of hydrogen-bond donors (Lipinski definition) is 1. The lowest BCUT2D eigenvalue weighted by Gasteiger charge is -2.39. The molecule has 1 amide bonds. The summed E-state index contributed by atoms with van der Waals surface area (Å²) in [5.41, 5.74) is -0.0345. The molecule has 1 aliphatic rings. The molecule has 1 atom stereocenters. The van der Waals surface area contributed by atoms with Crippen LogP contribution in [0.3, 0.4) is 0 Å². The van der Waals surface area contributed by atoms with Crippen molar-refractivity contribution >= 4 is 15.9 Å². The Bertz CT molecular complexity index is 644. The quantitative estimate of drug-likeness (QED) is 0.900. The lowest BCUT2D eigenvalue weighted by atomic mass is 9.94. The van der Waals surface area contributed by atoms with Crippen molar-refractivity contribution in [3.8, 4) is 0 Å². The highest BCUT2D eigenvalue weighted by molar-refractivity contribution is 7.89. The van der Waals surface area contributed by atoms with E-state index in [-0.39, 0.29) is 16.4 Å². The number of nitrogens with zero attached hydrogens (tertiary/aromatic N) is 1. The van der Waals surface area contributed by atoms with E-state index < -0.39 is 10.0 Å². The number of carbonyl (C=O) groups is 1. The summed E-state index contributed by atoms with van der Waals surface area (Å²) in [5, 5.41) is 5.10.